The van der Waals surface area contributed by atoms with Crippen molar-refractivity contribution in [1.29, 1.82) is 0 Å². The number of likely N-dealkylation sites (tertiary alicyclic amines) is 1. The predicted molar refractivity (Wildman–Crippen MR) is 135 cm³/mol. The summed E-state index contributed by atoms with van der Waals surface area (Å²) >= 11 is 0. The lowest BCUT2D eigenvalue weighted by molar-refractivity contribution is -0.134. The minimum atomic E-state index is -0.0312. The summed E-state index contributed by atoms with van der Waals surface area (Å²) in [6, 6.07) is 13.2. The Morgan fingerprint density at radius 1 is 0.800 bits per heavy atom. The van der Waals surface area contributed by atoms with E-state index in [-0.39, 0.29) is 18.4 Å². The average Bonchev–Trinajstić information content (AvgIpc) is 2.92. The first kappa shape index (κ1) is 24.7. The van der Waals surface area contributed by atoms with Crippen molar-refractivity contribution in [1.82, 2.24) is 9.80 Å². The highest BCUT2D eigenvalue weighted by Crippen LogP contribution is 2.30. The van der Waals surface area contributed by atoms with Crippen LogP contribution in [-0.4, -0.2) is 81.2 Å². The molecule has 2 aliphatic heterocycles. The summed E-state index contributed by atoms with van der Waals surface area (Å²) in [4.78, 5) is 31.7. The van der Waals surface area contributed by atoms with Gasteiger partial charge in [0.05, 0.1) is 13.7 Å². The second-order valence-electron chi connectivity index (χ2n) is 8.80. The van der Waals surface area contributed by atoms with Crippen molar-refractivity contribution in [2.75, 3.05) is 64.5 Å². The van der Waals surface area contributed by atoms with Crippen molar-refractivity contribution in [3.63, 3.8) is 0 Å². The third-order valence-corrected chi connectivity index (χ3v) is 6.55. The molecule has 35 heavy (non-hydrogen) atoms. The van der Waals surface area contributed by atoms with Crippen LogP contribution in [0.5, 0.6) is 17.2 Å². The Kier molecular flexibility index (Phi) is 8.34. The summed E-state index contributed by atoms with van der Waals surface area (Å²) in [7, 11) is 1.66. The van der Waals surface area contributed by atoms with Gasteiger partial charge in [0.2, 0.25) is 0 Å². The molecule has 0 aromatic heterocycles. The molecular weight excluding hydrogens is 446 g/mol. The highest BCUT2D eigenvalue weighted by atomic mass is 16.5. The maximum atomic E-state index is 13.2. The Bertz CT molecular complexity index is 996. The quantitative estimate of drug-likeness (QED) is 0.575. The van der Waals surface area contributed by atoms with Gasteiger partial charge in [0.15, 0.2) is 18.1 Å². The van der Waals surface area contributed by atoms with E-state index in [2.05, 4.69) is 4.90 Å². The van der Waals surface area contributed by atoms with E-state index >= 15 is 0 Å². The van der Waals surface area contributed by atoms with Crippen LogP contribution in [0.15, 0.2) is 42.5 Å². The number of piperazine rings is 1. The molecular formula is C27H35N3O5. The van der Waals surface area contributed by atoms with Crippen molar-refractivity contribution in [2.24, 2.45) is 0 Å². The van der Waals surface area contributed by atoms with Crippen LogP contribution in [-0.2, 0) is 4.79 Å². The number of piperidine rings is 1. The zero-order valence-electron chi connectivity index (χ0n) is 20.7. The second-order valence-corrected chi connectivity index (χ2v) is 8.80. The van der Waals surface area contributed by atoms with Crippen LogP contribution in [0.2, 0.25) is 0 Å². The van der Waals surface area contributed by atoms with Gasteiger partial charge in [-0.05, 0) is 68.7 Å². The van der Waals surface area contributed by atoms with E-state index in [0.717, 1.165) is 50.5 Å². The minimum absolute atomic E-state index is 0.0120. The molecule has 2 amide bonds. The molecule has 0 aliphatic carbocycles. The number of carbonyl (C=O) groups excluding carboxylic acids is 2. The summed E-state index contributed by atoms with van der Waals surface area (Å²) < 4.78 is 16.8. The summed E-state index contributed by atoms with van der Waals surface area (Å²) in [6.07, 6.45) is 3.26. The summed E-state index contributed by atoms with van der Waals surface area (Å²) in [5.41, 5.74) is 1.68. The number of nitrogens with zero attached hydrogens (tertiary/aromatic N) is 3. The number of hydrogen-bond donors (Lipinski definition) is 0. The molecule has 2 saturated heterocycles. The Labute approximate surface area is 207 Å². The smallest absolute Gasteiger partial charge is 0.260 e. The number of benzene rings is 2. The highest BCUT2D eigenvalue weighted by Gasteiger charge is 2.24. The van der Waals surface area contributed by atoms with E-state index in [0.29, 0.717) is 36.8 Å². The molecule has 8 nitrogen and oxygen atoms in total. The third-order valence-electron chi connectivity index (χ3n) is 6.55. The zero-order chi connectivity index (χ0) is 24.6. The first-order valence-corrected chi connectivity index (χ1v) is 12.4. The Morgan fingerprint density at radius 3 is 2.17 bits per heavy atom. The maximum absolute atomic E-state index is 13.2. The summed E-state index contributed by atoms with van der Waals surface area (Å²) in [6.45, 7) is 6.67. The van der Waals surface area contributed by atoms with Crippen molar-refractivity contribution >= 4 is 17.5 Å². The molecule has 0 atom stereocenters. The van der Waals surface area contributed by atoms with Gasteiger partial charge in [-0.3, -0.25) is 9.59 Å². The summed E-state index contributed by atoms with van der Waals surface area (Å²) in [5.74, 6) is 1.76. The lowest BCUT2D eigenvalue weighted by Crippen LogP contribution is -2.48. The summed E-state index contributed by atoms with van der Waals surface area (Å²) in [5, 5.41) is 0. The molecule has 0 N–H and O–H groups in total. The zero-order valence-corrected chi connectivity index (χ0v) is 20.7. The van der Waals surface area contributed by atoms with Crippen LogP contribution in [0, 0.1) is 0 Å². The van der Waals surface area contributed by atoms with Crippen LogP contribution >= 0.6 is 0 Å². The van der Waals surface area contributed by atoms with Gasteiger partial charge in [0, 0.05) is 50.5 Å². The Morgan fingerprint density at radius 2 is 1.51 bits per heavy atom. The largest absolute Gasteiger partial charge is 0.497 e. The molecule has 0 bridgehead atoms. The molecule has 188 valence electrons. The van der Waals surface area contributed by atoms with Gasteiger partial charge in [-0.15, -0.1) is 0 Å². The van der Waals surface area contributed by atoms with Crippen molar-refractivity contribution in [3.05, 3.63) is 48.0 Å². The van der Waals surface area contributed by atoms with E-state index in [4.69, 9.17) is 14.2 Å². The number of methoxy groups -OCH3 is 1. The van der Waals surface area contributed by atoms with Gasteiger partial charge in [-0.25, -0.2) is 0 Å². The van der Waals surface area contributed by atoms with Crippen LogP contribution in [0.4, 0.5) is 5.69 Å². The number of ether oxygens (including phenoxy) is 3. The molecule has 0 saturated carbocycles. The van der Waals surface area contributed by atoms with E-state index < -0.39 is 0 Å². The first-order chi connectivity index (χ1) is 17.1. The molecule has 2 aliphatic rings. The van der Waals surface area contributed by atoms with Crippen molar-refractivity contribution < 1.29 is 23.8 Å². The molecule has 0 radical (unpaired) electrons. The molecule has 0 unspecified atom stereocenters. The number of carbonyl (C=O) groups is 2. The van der Waals surface area contributed by atoms with Crippen LogP contribution in [0.3, 0.4) is 0 Å². The van der Waals surface area contributed by atoms with Crippen LogP contribution in [0.1, 0.15) is 36.5 Å². The van der Waals surface area contributed by atoms with E-state index in [1.165, 1.54) is 6.42 Å². The minimum Gasteiger partial charge on any atom is -0.497 e. The van der Waals surface area contributed by atoms with E-state index in [1.807, 2.05) is 41.0 Å². The van der Waals surface area contributed by atoms with E-state index in [1.54, 1.807) is 25.3 Å². The van der Waals surface area contributed by atoms with Crippen molar-refractivity contribution in [2.45, 2.75) is 26.2 Å². The number of amides is 2. The average molecular weight is 482 g/mol. The molecule has 4 rings (SSSR count). The first-order valence-electron chi connectivity index (χ1n) is 12.4. The normalized spacial score (nSPS) is 16.1. The molecule has 2 aromatic carbocycles. The standard InChI is InChI=1S/C27H35N3O5/c1-3-34-25-19-21(7-12-24(25)35-20-26(31)29-13-5-4-6-14-29)27(32)30-17-15-28(16-18-30)22-8-10-23(33-2)11-9-22/h7-12,19H,3-6,13-18,20H2,1-2H3. The molecule has 8 heteroatoms. The molecule has 2 fully saturated rings. The van der Waals surface area contributed by atoms with Gasteiger partial charge in [-0.2, -0.15) is 0 Å². The van der Waals surface area contributed by atoms with Crippen LogP contribution < -0.4 is 19.1 Å². The SMILES string of the molecule is CCOc1cc(C(=O)N2CCN(c3ccc(OC)cc3)CC2)ccc1OCC(=O)N1CCCCC1. The Balaban J connectivity index is 1.35. The van der Waals surface area contributed by atoms with Gasteiger partial charge in [-0.1, -0.05) is 0 Å². The fraction of sp³-hybridized carbons (Fsp3) is 0.481. The van der Waals surface area contributed by atoms with Gasteiger partial charge < -0.3 is 28.9 Å². The number of rotatable bonds is 8. The molecule has 0 spiro atoms. The maximum Gasteiger partial charge on any atom is 0.260 e. The van der Waals surface area contributed by atoms with Crippen molar-refractivity contribution in [3.8, 4) is 17.2 Å². The fourth-order valence-electron chi connectivity index (χ4n) is 4.55. The van der Waals surface area contributed by atoms with Gasteiger partial charge in [0.25, 0.3) is 11.8 Å². The highest BCUT2D eigenvalue weighted by molar-refractivity contribution is 5.95. The number of anilines is 1. The molecule has 2 aromatic rings. The fourth-order valence-corrected chi connectivity index (χ4v) is 4.55. The Hall–Kier alpha value is -3.42. The number of hydrogen-bond acceptors (Lipinski definition) is 6. The second kappa shape index (κ2) is 11.8. The van der Waals surface area contributed by atoms with Crippen LogP contribution in [0.25, 0.3) is 0 Å². The predicted octanol–water partition coefficient (Wildman–Crippen LogP) is 3.45. The van der Waals surface area contributed by atoms with Gasteiger partial charge >= 0.3 is 0 Å². The monoisotopic (exact) mass is 481 g/mol. The third kappa shape index (κ3) is 6.18. The lowest BCUT2D eigenvalue weighted by Gasteiger charge is -2.36. The topological polar surface area (TPSA) is 71.5 Å². The lowest BCUT2D eigenvalue weighted by atomic mass is 10.1. The van der Waals surface area contributed by atoms with E-state index in [9.17, 15) is 9.59 Å². The van der Waals surface area contributed by atoms with Gasteiger partial charge in [0.1, 0.15) is 5.75 Å². The molecule has 2 heterocycles.